The third-order valence-electron chi connectivity index (χ3n) is 3.37. The van der Waals surface area contributed by atoms with E-state index >= 15 is 0 Å². The lowest BCUT2D eigenvalue weighted by molar-refractivity contribution is -0.147. The molecule has 0 amide bonds. The summed E-state index contributed by atoms with van der Waals surface area (Å²) in [6.07, 6.45) is 13.3. The van der Waals surface area contributed by atoms with Crippen molar-refractivity contribution in [2.75, 3.05) is 0 Å². The molecule has 0 aliphatic carbocycles. The van der Waals surface area contributed by atoms with E-state index in [-0.39, 0.29) is 6.10 Å². The van der Waals surface area contributed by atoms with Crippen LogP contribution in [-0.4, -0.2) is 18.0 Å². The Kier molecular flexibility index (Phi) is 6.95. The summed E-state index contributed by atoms with van der Waals surface area (Å²) >= 11 is 0. The van der Waals surface area contributed by atoms with Gasteiger partial charge in [-0.2, -0.15) is 0 Å². The van der Waals surface area contributed by atoms with Gasteiger partial charge in [-0.05, 0) is 39.5 Å². The van der Waals surface area contributed by atoms with Gasteiger partial charge in [0, 0.05) is 0 Å². The summed E-state index contributed by atoms with van der Waals surface area (Å²) < 4.78 is 12.0. The van der Waals surface area contributed by atoms with Crippen molar-refractivity contribution in [1.82, 2.24) is 0 Å². The van der Waals surface area contributed by atoms with Gasteiger partial charge in [-0.15, -0.1) is 0 Å². The maximum absolute atomic E-state index is 6.01. The Morgan fingerprint density at radius 3 is 2.11 bits per heavy atom. The van der Waals surface area contributed by atoms with E-state index in [0.717, 1.165) is 19.3 Å². The zero-order valence-electron chi connectivity index (χ0n) is 12.6. The average Bonchev–Trinajstić information content (AvgIpc) is 2.61. The molecule has 1 saturated heterocycles. The molecule has 2 heteroatoms. The van der Waals surface area contributed by atoms with E-state index in [9.17, 15) is 0 Å². The monoisotopic (exact) mass is 254 g/mol. The number of allylic oxidation sites excluding steroid dienone is 2. The summed E-state index contributed by atoms with van der Waals surface area (Å²) in [4.78, 5) is 0. The molecule has 0 aromatic heterocycles. The minimum atomic E-state index is -0.393. The Labute approximate surface area is 113 Å². The van der Waals surface area contributed by atoms with Gasteiger partial charge in [0.25, 0.3) is 0 Å². The molecule has 0 unspecified atom stereocenters. The molecule has 1 heterocycles. The van der Waals surface area contributed by atoms with Crippen molar-refractivity contribution in [1.29, 1.82) is 0 Å². The standard InChI is InChI=1S/C16H30O2/c1-5-7-9-10-11-13-15-14(12-8-6-2)17-16(3,4)18-15/h9-10,14-15H,5-8,11-13H2,1-4H3/b10-9-/t14-,15-/m1/s1. The first kappa shape index (κ1) is 15.7. The van der Waals surface area contributed by atoms with Crippen LogP contribution >= 0.6 is 0 Å². The molecule has 0 N–H and O–H groups in total. The molecule has 0 aromatic rings. The second-order valence-electron chi connectivity index (χ2n) is 5.69. The number of unbranched alkanes of at least 4 members (excludes halogenated alkanes) is 2. The van der Waals surface area contributed by atoms with Crippen LogP contribution in [0, 0.1) is 0 Å². The topological polar surface area (TPSA) is 18.5 Å². The predicted molar refractivity (Wildman–Crippen MR) is 76.6 cm³/mol. The average molecular weight is 254 g/mol. The number of hydrogen-bond acceptors (Lipinski definition) is 2. The zero-order chi connectivity index (χ0) is 13.4. The fourth-order valence-electron chi connectivity index (χ4n) is 2.47. The molecule has 106 valence electrons. The van der Waals surface area contributed by atoms with E-state index in [4.69, 9.17) is 9.47 Å². The van der Waals surface area contributed by atoms with Gasteiger partial charge < -0.3 is 9.47 Å². The van der Waals surface area contributed by atoms with Crippen LogP contribution in [0.15, 0.2) is 12.2 Å². The maximum Gasteiger partial charge on any atom is 0.163 e. The number of ether oxygens (including phenoxy) is 2. The number of hydrogen-bond donors (Lipinski definition) is 0. The Morgan fingerprint density at radius 1 is 0.889 bits per heavy atom. The van der Waals surface area contributed by atoms with Crippen LogP contribution in [0.2, 0.25) is 0 Å². The second kappa shape index (κ2) is 7.96. The quantitative estimate of drug-likeness (QED) is 0.577. The van der Waals surface area contributed by atoms with E-state index in [2.05, 4.69) is 26.0 Å². The van der Waals surface area contributed by atoms with Gasteiger partial charge in [-0.1, -0.05) is 45.3 Å². The molecule has 2 atom stereocenters. The summed E-state index contributed by atoms with van der Waals surface area (Å²) in [7, 11) is 0. The fraction of sp³-hybridized carbons (Fsp3) is 0.875. The Bertz CT molecular complexity index is 245. The highest BCUT2D eigenvalue weighted by Gasteiger charge is 2.39. The Balaban J connectivity index is 2.35. The smallest absolute Gasteiger partial charge is 0.163 e. The van der Waals surface area contributed by atoms with Crippen LogP contribution in [0.4, 0.5) is 0 Å². The van der Waals surface area contributed by atoms with Crippen LogP contribution in [0.5, 0.6) is 0 Å². The summed E-state index contributed by atoms with van der Waals surface area (Å²) in [6, 6.07) is 0. The molecular formula is C16H30O2. The lowest BCUT2D eigenvalue weighted by Gasteiger charge is -2.16. The lowest BCUT2D eigenvalue weighted by atomic mass is 10.0. The van der Waals surface area contributed by atoms with Crippen LogP contribution < -0.4 is 0 Å². The molecular weight excluding hydrogens is 224 g/mol. The van der Waals surface area contributed by atoms with Crippen molar-refractivity contribution in [2.45, 2.75) is 90.6 Å². The van der Waals surface area contributed by atoms with Crippen molar-refractivity contribution >= 4 is 0 Å². The number of rotatable bonds is 8. The van der Waals surface area contributed by atoms with Crippen molar-refractivity contribution in [3.8, 4) is 0 Å². The second-order valence-corrected chi connectivity index (χ2v) is 5.69. The van der Waals surface area contributed by atoms with Crippen molar-refractivity contribution in [2.24, 2.45) is 0 Å². The van der Waals surface area contributed by atoms with Crippen LogP contribution in [0.3, 0.4) is 0 Å². The molecule has 1 fully saturated rings. The summed E-state index contributed by atoms with van der Waals surface area (Å²) in [5, 5.41) is 0. The summed E-state index contributed by atoms with van der Waals surface area (Å²) in [6.45, 7) is 8.49. The highest BCUT2D eigenvalue weighted by atomic mass is 16.7. The van der Waals surface area contributed by atoms with Crippen molar-refractivity contribution in [3.63, 3.8) is 0 Å². The van der Waals surface area contributed by atoms with Crippen LogP contribution in [-0.2, 0) is 9.47 Å². The van der Waals surface area contributed by atoms with Gasteiger partial charge in [0.1, 0.15) is 0 Å². The van der Waals surface area contributed by atoms with Crippen LogP contribution in [0.25, 0.3) is 0 Å². The Hall–Kier alpha value is -0.340. The normalized spacial score (nSPS) is 27.1. The molecule has 0 spiro atoms. The minimum absolute atomic E-state index is 0.276. The SMILES string of the molecule is CCC/C=C\CC[C@H]1OC(C)(C)O[C@@H]1CCCC. The molecule has 0 aromatic carbocycles. The summed E-state index contributed by atoms with van der Waals surface area (Å²) in [5.74, 6) is -0.393. The molecule has 1 aliphatic heterocycles. The minimum Gasteiger partial charge on any atom is -0.345 e. The largest absolute Gasteiger partial charge is 0.345 e. The zero-order valence-corrected chi connectivity index (χ0v) is 12.6. The van der Waals surface area contributed by atoms with E-state index in [1.54, 1.807) is 0 Å². The first-order chi connectivity index (χ1) is 8.59. The van der Waals surface area contributed by atoms with E-state index in [1.165, 1.54) is 25.7 Å². The van der Waals surface area contributed by atoms with Gasteiger partial charge in [0.15, 0.2) is 5.79 Å². The van der Waals surface area contributed by atoms with Gasteiger partial charge in [-0.25, -0.2) is 0 Å². The molecule has 2 nitrogen and oxygen atoms in total. The summed E-state index contributed by atoms with van der Waals surface area (Å²) in [5.41, 5.74) is 0. The van der Waals surface area contributed by atoms with Gasteiger partial charge in [0.2, 0.25) is 0 Å². The van der Waals surface area contributed by atoms with E-state index < -0.39 is 5.79 Å². The van der Waals surface area contributed by atoms with E-state index in [0.29, 0.717) is 6.10 Å². The Morgan fingerprint density at radius 2 is 1.50 bits per heavy atom. The van der Waals surface area contributed by atoms with Crippen LogP contribution in [0.1, 0.15) is 72.6 Å². The third kappa shape index (κ3) is 5.53. The molecule has 0 bridgehead atoms. The fourth-order valence-corrected chi connectivity index (χ4v) is 2.47. The molecule has 18 heavy (non-hydrogen) atoms. The lowest BCUT2D eigenvalue weighted by Crippen LogP contribution is -2.22. The van der Waals surface area contributed by atoms with Gasteiger partial charge in [0.05, 0.1) is 12.2 Å². The first-order valence-electron chi connectivity index (χ1n) is 7.59. The first-order valence-corrected chi connectivity index (χ1v) is 7.59. The van der Waals surface area contributed by atoms with Gasteiger partial charge >= 0.3 is 0 Å². The van der Waals surface area contributed by atoms with Crippen molar-refractivity contribution in [3.05, 3.63) is 12.2 Å². The molecule has 0 radical (unpaired) electrons. The third-order valence-corrected chi connectivity index (χ3v) is 3.37. The molecule has 1 aliphatic rings. The van der Waals surface area contributed by atoms with Gasteiger partial charge in [-0.3, -0.25) is 0 Å². The maximum atomic E-state index is 6.01. The predicted octanol–water partition coefficient (Wildman–Crippen LogP) is 4.83. The highest BCUT2D eigenvalue weighted by molar-refractivity contribution is 4.86. The van der Waals surface area contributed by atoms with E-state index in [1.807, 2.05) is 13.8 Å². The molecule has 1 rings (SSSR count). The highest BCUT2D eigenvalue weighted by Crippen LogP contribution is 2.33. The van der Waals surface area contributed by atoms with Crippen molar-refractivity contribution < 1.29 is 9.47 Å². The molecule has 0 saturated carbocycles.